The normalized spacial score (nSPS) is 36.9. The zero-order valence-corrected chi connectivity index (χ0v) is 14.9. The fraction of sp³-hybridized carbons (Fsp3) is 1.00. The van der Waals surface area contributed by atoms with Gasteiger partial charge in [-0.3, -0.25) is 9.80 Å². The predicted molar refractivity (Wildman–Crippen MR) is 91.4 cm³/mol. The van der Waals surface area contributed by atoms with Crippen molar-refractivity contribution in [3.8, 4) is 0 Å². The Morgan fingerprint density at radius 1 is 1.14 bits per heavy atom. The molecule has 0 spiro atoms. The summed E-state index contributed by atoms with van der Waals surface area (Å²) in [6.45, 7) is 17.6. The first-order valence-electron chi connectivity index (χ1n) is 9.05. The van der Waals surface area contributed by atoms with Crippen LogP contribution in [0.15, 0.2) is 0 Å². The van der Waals surface area contributed by atoms with Crippen molar-refractivity contribution in [1.82, 2.24) is 9.80 Å². The summed E-state index contributed by atoms with van der Waals surface area (Å²) >= 11 is 0. The van der Waals surface area contributed by atoms with Gasteiger partial charge in [-0.1, -0.05) is 27.7 Å². The Balaban J connectivity index is 2.04. The van der Waals surface area contributed by atoms with Gasteiger partial charge >= 0.3 is 0 Å². The van der Waals surface area contributed by atoms with Crippen LogP contribution in [0, 0.1) is 17.3 Å². The van der Waals surface area contributed by atoms with E-state index in [9.17, 15) is 0 Å². The van der Waals surface area contributed by atoms with Crippen LogP contribution in [0.4, 0.5) is 0 Å². The Labute approximate surface area is 132 Å². The van der Waals surface area contributed by atoms with E-state index in [0.717, 1.165) is 18.5 Å². The Morgan fingerprint density at radius 3 is 2.38 bits per heavy atom. The summed E-state index contributed by atoms with van der Waals surface area (Å²) < 4.78 is 0. The van der Waals surface area contributed by atoms with Gasteiger partial charge in [0.2, 0.25) is 0 Å². The first-order chi connectivity index (χ1) is 9.86. The van der Waals surface area contributed by atoms with E-state index in [4.69, 9.17) is 5.73 Å². The maximum Gasteiger partial charge on any atom is 0.0195 e. The van der Waals surface area contributed by atoms with Crippen LogP contribution in [0.1, 0.15) is 53.9 Å². The van der Waals surface area contributed by atoms with E-state index in [0.29, 0.717) is 17.4 Å². The van der Waals surface area contributed by atoms with Crippen molar-refractivity contribution in [2.45, 2.75) is 66.0 Å². The van der Waals surface area contributed by atoms with Gasteiger partial charge in [0.05, 0.1) is 0 Å². The van der Waals surface area contributed by atoms with E-state index in [1.165, 1.54) is 45.4 Å². The number of hydrogen-bond donors (Lipinski definition) is 1. The molecular formula is C18H37N3. The average Bonchev–Trinajstić information content (AvgIpc) is 2.45. The molecule has 0 radical (unpaired) electrons. The van der Waals surface area contributed by atoms with Gasteiger partial charge in [0.15, 0.2) is 0 Å². The van der Waals surface area contributed by atoms with Gasteiger partial charge in [0.25, 0.3) is 0 Å². The highest BCUT2D eigenvalue weighted by molar-refractivity contribution is 4.93. The maximum atomic E-state index is 6.11. The Kier molecular flexibility index (Phi) is 5.72. The predicted octanol–water partition coefficient (Wildman–Crippen LogP) is 2.80. The molecule has 4 unspecified atom stereocenters. The second kappa shape index (κ2) is 6.97. The Bertz CT molecular complexity index is 323. The van der Waals surface area contributed by atoms with Crippen molar-refractivity contribution < 1.29 is 0 Å². The Hall–Kier alpha value is -0.120. The minimum absolute atomic E-state index is 0.439. The molecule has 2 aliphatic rings. The van der Waals surface area contributed by atoms with Crippen molar-refractivity contribution in [2.75, 3.05) is 32.7 Å². The summed E-state index contributed by atoms with van der Waals surface area (Å²) in [5.41, 5.74) is 6.55. The summed E-state index contributed by atoms with van der Waals surface area (Å²) in [7, 11) is 0. The van der Waals surface area contributed by atoms with Crippen LogP contribution in [0.2, 0.25) is 0 Å². The van der Waals surface area contributed by atoms with Crippen LogP contribution < -0.4 is 5.73 Å². The molecule has 4 atom stereocenters. The number of piperazine rings is 1. The summed E-state index contributed by atoms with van der Waals surface area (Å²) in [5, 5.41) is 0. The van der Waals surface area contributed by atoms with Crippen LogP contribution in [-0.2, 0) is 0 Å². The maximum absolute atomic E-state index is 6.11. The second-order valence-electron chi connectivity index (χ2n) is 8.41. The lowest BCUT2D eigenvalue weighted by Crippen LogP contribution is -2.58. The van der Waals surface area contributed by atoms with Gasteiger partial charge in [-0.15, -0.1) is 0 Å². The molecule has 1 saturated carbocycles. The van der Waals surface area contributed by atoms with Crippen LogP contribution in [0.3, 0.4) is 0 Å². The molecule has 1 aliphatic heterocycles. The molecule has 1 saturated heterocycles. The van der Waals surface area contributed by atoms with Crippen LogP contribution in [0.5, 0.6) is 0 Å². The highest BCUT2D eigenvalue weighted by Gasteiger charge is 2.39. The smallest absolute Gasteiger partial charge is 0.0195 e. The van der Waals surface area contributed by atoms with Crippen LogP contribution in [-0.4, -0.2) is 54.6 Å². The van der Waals surface area contributed by atoms with Crippen LogP contribution in [0.25, 0.3) is 0 Å². The largest absolute Gasteiger partial charge is 0.330 e. The lowest BCUT2D eigenvalue weighted by molar-refractivity contribution is -0.00137. The van der Waals surface area contributed by atoms with Crippen molar-refractivity contribution in [1.29, 1.82) is 0 Å². The first-order valence-corrected chi connectivity index (χ1v) is 9.05. The SMILES string of the molecule is CCN1CCN(C2CC(C(C)(C)C)CCC2CN)CC1C. The van der Waals surface area contributed by atoms with Crippen molar-refractivity contribution in [3.05, 3.63) is 0 Å². The van der Waals surface area contributed by atoms with Gasteiger partial charge in [-0.25, -0.2) is 0 Å². The zero-order chi connectivity index (χ0) is 15.6. The fourth-order valence-corrected chi connectivity index (χ4v) is 4.51. The number of nitrogens with zero attached hydrogens (tertiary/aromatic N) is 2. The number of likely N-dealkylation sites (N-methyl/N-ethyl adjacent to an activating group) is 1. The molecule has 3 heteroatoms. The van der Waals surface area contributed by atoms with Crippen LogP contribution >= 0.6 is 0 Å². The molecular weight excluding hydrogens is 258 g/mol. The highest BCUT2D eigenvalue weighted by Crippen LogP contribution is 2.41. The molecule has 124 valence electrons. The standard InChI is InChI=1S/C18H37N3/c1-6-20-9-10-21(13-14(20)2)17-11-16(18(3,4)5)8-7-15(17)12-19/h14-17H,6-13,19H2,1-5H3. The van der Waals surface area contributed by atoms with Gasteiger partial charge < -0.3 is 5.73 Å². The van der Waals surface area contributed by atoms with Crippen molar-refractivity contribution >= 4 is 0 Å². The van der Waals surface area contributed by atoms with E-state index in [1.807, 2.05) is 0 Å². The molecule has 0 bridgehead atoms. The number of hydrogen-bond acceptors (Lipinski definition) is 3. The van der Waals surface area contributed by atoms with Gasteiger partial charge in [0.1, 0.15) is 0 Å². The molecule has 2 rings (SSSR count). The molecule has 0 aromatic rings. The summed E-state index contributed by atoms with van der Waals surface area (Å²) in [4.78, 5) is 5.38. The third-order valence-corrected chi connectivity index (χ3v) is 6.16. The fourth-order valence-electron chi connectivity index (χ4n) is 4.51. The molecule has 21 heavy (non-hydrogen) atoms. The van der Waals surface area contributed by atoms with Crippen molar-refractivity contribution in [3.63, 3.8) is 0 Å². The molecule has 2 N–H and O–H groups in total. The topological polar surface area (TPSA) is 32.5 Å². The molecule has 1 aliphatic carbocycles. The lowest BCUT2D eigenvalue weighted by Gasteiger charge is -2.50. The monoisotopic (exact) mass is 295 g/mol. The second-order valence-corrected chi connectivity index (χ2v) is 8.41. The summed E-state index contributed by atoms with van der Waals surface area (Å²) in [6.07, 6.45) is 4.04. The zero-order valence-electron chi connectivity index (χ0n) is 14.9. The van der Waals surface area contributed by atoms with Gasteiger partial charge in [-0.05, 0) is 56.5 Å². The third kappa shape index (κ3) is 4.00. The van der Waals surface area contributed by atoms with E-state index in [1.54, 1.807) is 0 Å². The minimum Gasteiger partial charge on any atom is -0.330 e. The average molecular weight is 296 g/mol. The molecule has 1 heterocycles. The lowest BCUT2D eigenvalue weighted by atomic mass is 9.67. The number of nitrogens with two attached hydrogens (primary N) is 1. The summed E-state index contributed by atoms with van der Waals surface area (Å²) in [5.74, 6) is 1.56. The van der Waals surface area contributed by atoms with Crippen molar-refractivity contribution in [2.24, 2.45) is 23.0 Å². The number of rotatable bonds is 3. The van der Waals surface area contributed by atoms with Gasteiger partial charge in [-0.2, -0.15) is 0 Å². The molecule has 0 aromatic heterocycles. The molecule has 0 aromatic carbocycles. The van der Waals surface area contributed by atoms with E-state index >= 15 is 0 Å². The van der Waals surface area contributed by atoms with Gasteiger partial charge in [0, 0.05) is 31.7 Å². The molecule has 0 amide bonds. The third-order valence-electron chi connectivity index (χ3n) is 6.16. The summed E-state index contributed by atoms with van der Waals surface area (Å²) in [6, 6.07) is 1.41. The van der Waals surface area contributed by atoms with E-state index in [2.05, 4.69) is 44.4 Å². The highest BCUT2D eigenvalue weighted by atomic mass is 15.3. The first kappa shape index (κ1) is 17.2. The molecule has 2 fully saturated rings. The Morgan fingerprint density at radius 2 is 1.86 bits per heavy atom. The quantitative estimate of drug-likeness (QED) is 0.869. The van der Waals surface area contributed by atoms with E-state index < -0.39 is 0 Å². The van der Waals surface area contributed by atoms with E-state index in [-0.39, 0.29) is 0 Å². The minimum atomic E-state index is 0.439. The molecule has 3 nitrogen and oxygen atoms in total.